The van der Waals surface area contributed by atoms with Crippen LogP contribution in [0.15, 0.2) is 35.1 Å². The van der Waals surface area contributed by atoms with Crippen LogP contribution in [-0.4, -0.2) is 46.9 Å². The van der Waals surface area contributed by atoms with E-state index in [1.54, 1.807) is 18.2 Å². The standard InChI is InChI=1S/C19H21N3O5/c23-14-5-6-22(10-14)9-13-2-3-15(19(25)21-13)18(24)20-8-12-1-4-16-17(7-12)27-11-26-16/h1-4,7,14,23H,5-6,8-11H2,(H,20,24)(H,21,25)/t14-/m1/s1. The van der Waals surface area contributed by atoms with Crippen molar-refractivity contribution < 1.29 is 19.4 Å². The van der Waals surface area contributed by atoms with Crippen molar-refractivity contribution in [2.45, 2.75) is 25.6 Å². The summed E-state index contributed by atoms with van der Waals surface area (Å²) < 4.78 is 10.6. The van der Waals surface area contributed by atoms with E-state index in [4.69, 9.17) is 9.47 Å². The Kier molecular flexibility index (Phi) is 4.83. The Morgan fingerprint density at radius 2 is 2.11 bits per heavy atom. The van der Waals surface area contributed by atoms with Crippen molar-refractivity contribution in [2.75, 3.05) is 19.9 Å². The van der Waals surface area contributed by atoms with Crippen LogP contribution < -0.4 is 20.3 Å². The zero-order valence-corrected chi connectivity index (χ0v) is 14.7. The van der Waals surface area contributed by atoms with E-state index in [1.807, 2.05) is 6.07 Å². The van der Waals surface area contributed by atoms with Gasteiger partial charge in [0.1, 0.15) is 5.56 Å². The number of β-amino-alcohol motifs (C(OH)–C–C–N with tert-alkyl or cyclic N) is 1. The first-order valence-electron chi connectivity index (χ1n) is 8.88. The quantitative estimate of drug-likeness (QED) is 0.711. The number of aromatic amines is 1. The van der Waals surface area contributed by atoms with Crippen LogP contribution in [0.2, 0.25) is 0 Å². The average molecular weight is 371 g/mol. The van der Waals surface area contributed by atoms with Crippen LogP contribution in [0.4, 0.5) is 0 Å². The molecule has 1 aromatic heterocycles. The highest BCUT2D eigenvalue weighted by atomic mass is 16.7. The van der Waals surface area contributed by atoms with Crippen LogP contribution in [0.3, 0.4) is 0 Å². The average Bonchev–Trinajstić information content (AvgIpc) is 3.28. The number of likely N-dealkylation sites (tertiary alicyclic amines) is 1. The van der Waals surface area contributed by atoms with Crippen molar-refractivity contribution >= 4 is 5.91 Å². The second kappa shape index (κ2) is 7.42. The number of nitrogens with zero attached hydrogens (tertiary/aromatic N) is 1. The van der Waals surface area contributed by atoms with E-state index in [0.29, 0.717) is 24.6 Å². The first-order chi connectivity index (χ1) is 13.1. The molecule has 3 N–H and O–H groups in total. The minimum Gasteiger partial charge on any atom is -0.454 e. The number of carbonyl (C=O) groups excluding carboxylic acids is 1. The molecule has 142 valence electrons. The molecule has 8 heteroatoms. The van der Waals surface area contributed by atoms with Gasteiger partial charge in [-0.1, -0.05) is 6.07 Å². The Balaban J connectivity index is 1.37. The molecular formula is C19H21N3O5. The third kappa shape index (κ3) is 3.96. The largest absolute Gasteiger partial charge is 0.454 e. The SMILES string of the molecule is O=C(NCc1ccc2c(c1)OCO2)c1ccc(CN2CC[C@@H](O)C2)[nH]c1=O. The number of aromatic nitrogens is 1. The summed E-state index contributed by atoms with van der Waals surface area (Å²) in [6, 6.07) is 8.71. The number of nitrogens with one attached hydrogen (secondary N) is 2. The molecule has 1 atom stereocenters. The van der Waals surface area contributed by atoms with Gasteiger partial charge in [-0.2, -0.15) is 0 Å². The fourth-order valence-electron chi connectivity index (χ4n) is 3.31. The van der Waals surface area contributed by atoms with Gasteiger partial charge in [-0.15, -0.1) is 0 Å². The molecule has 2 aromatic rings. The highest BCUT2D eigenvalue weighted by Gasteiger charge is 2.21. The lowest BCUT2D eigenvalue weighted by Gasteiger charge is -2.14. The van der Waals surface area contributed by atoms with E-state index >= 15 is 0 Å². The number of hydrogen-bond acceptors (Lipinski definition) is 6. The zero-order chi connectivity index (χ0) is 18.8. The van der Waals surface area contributed by atoms with Gasteiger partial charge in [-0.25, -0.2) is 0 Å². The van der Waals surface area contributed by atoms with Gasteiger partial charge in [-0.3, -0.25) is 14.5 Å². The van der Waals surface area contributed by atoms with Gasteiger partial charge in [0.25, 0.3) is 11.5 Å². The van der Waals surface area contributed by atoms with Gasteiger partial charge in [0.15, 0.2) is 11.5 Å². The number of rotatable bonds is 5. The predicted molar refractivity (Wildman–Crippen MR) is 96.7 cm³/mol. The van der Waals surface area contributed by atoms with E-state index in [2.05, 4.69) is 15.2 Å². The molecule has 0 spiro atoms. The Hall–Kier alpha value is -2.84. The lowest BCUT2D eigenvalue weighted by Crippen LogP contribution is -2.30. The molecule has 1 amide bonds. The Labute approximate surface area is 155 Å². The van der Waals surface area contributed by atoms with Crippen LogP contribution in [0.1, 0.15) is 28.0 Å². The number of benzene rings is 1. The van der Waals surface area contributed by atoms with E-state index in [0.717, 1.165) is 24.2 Å². The van der Waals surface area contributed by atoms with Crippen molar-refractivity contribution in [3.05, 3.63) is 57.5 Å². The second-order valence-electron chi connectivity index (χ2n) is 6.77. The van der Waals surface area contributed by atoms with E-state index in [1.165, 1.54) is 6.07 Å². The molecule has 2 aliphatic rings. The molecule has 0 unspecified atom stereocenters. The summed E-state index contributed by atoms with van der Waals surface area (Å²) in [5.74, 6) is 0.899. The zero-order valence-electron chi connectivity index (χ0n) is 14.7. The van der Waals surface area contributed by atoms with Gasteiger partial charge < -0.3 is 24.9 Å². The van der Waals surface area contributed by atoms with Crippen molar-refractivity contribution in [1.82, 2.24) is 15.2 Å². The number of aliphatic hydroxyl groups excluding tert-OH is 1. The minimum atomic E-state index is -0.433. The Morgan fingerprint density at radius 3 is 2.89 bits per heavy atom. The van der Waals surface area contributed by atoms with Gasteiger partial charge in [0.2, 0.25) is 6.79 Å². The summed E-state index contributed by atoms with van der Waals surface area (Å²) in [5.41, 5.74) is 1.23. The van der Waals surface area contributed by atoms with Crippen LogP contribution >= 0.6 is 0 Å². The molecule has 8 nitrogen and oxygen atoms in total. The molecule has 2 aliphatic heterocycles. The predicted octanol–water partition coefficient (Wildman–Crippen LogP) is 0.600. The molecule has 1 aromatic carbocycles. The second-order valence-corrected chi connectivity index (χ2v) is 6.77. The fraction of sp³-hybridized carbons (Fsp3) is 0.368. The van der Waals surface area contributed by atoms with Gasteiger partial charge in [-0.05, 0) is 36.2 Å². The van der Waals surface area contributed by atoms with Crippen LogP contribution in [-0.2, 0) is 13.1 Å². The van der Waals surface area contributed by atoms with Gasteiger partial charge >= 0.3 is 0 Å². The first kappa shape index (κ1) is 17.6. The van der Waals surface area contributed by atoms with Crippen LogP contribution in [0.25, 0.3) is 0 Å². The number of hydrogen-bond donors (Lipinski definition) is 3. The molecular weight excluding hydrogens is 350 g/mol. The van der Waals surface area contributed by atoms with E-state index in [9.17, 15) is 14.7 Å². The summed E-state index contributed by atoms with van der Waals surface area (Å²) in [6.07, 6.45) is 0.433. The number of pyridine rings is 1. The first-order valence-corrected chi connectivity index (χ1v) is 8.88. The molecule has 0 radical (unpaired) electrons. The third-order valence-corrected chi connectivity index (χ3v) is 4.75. The number of carbonyl (C=O) groups is 1. The summed E-state index contributed by atoms with van der Waals surface area (Å²) >= 11 is 0. The van der Waals surface area contributed by atoms with E-state index in [-0.39, 0.29) is 25.0 Å². The maximum atomic E-state index is 12.3. The minimum absolute atomic E-state index is 0.0703. The number of amides is 1. The smallest absolute Gasteiger partial charge is 0.261 e. The fourth-order valence-corrected chi connectivity index (χ4v) is 3.31. The summed E-state index contributed by atoms with van der Waals surface area (Å²) in [6.45, 7) is 2.41. The number of aliphatic hydroxyl groups is 1. The molecule has 3 heterocycles. The van der Waals surface area contributed by atoms with Crippen molar-refractivity contribution in [3.8, 4) is 11.5 Å². The third-order valence-electron chi connectivity index (χ3n) is 4.75. The molecule has 0 aliphatic carbocycles. The lowest BCUT2D eigenvalue weighted by atomic mass is 10.2. The molecule has 0 saturated carbocycles. The molecule has 4 rings (SSSR count). The van der Waals surface area contributed by atoms with Gasteiger partial charge in [0.05, 0.1) is 6.10 Å². The Morgan fingerprint density at radius 1 is 1.26 bits per heavy atom. The number of ether oxygens (including phenoxy) is 2. The van der Waals surface area contributed by atoms with Crippen molar-refractivity contribution in [1.29, 1.82) is 0 Å². The van der Waals surface area contributed by atoms with E-state index < -0.39 is 11.5 Å². The number of H-pyrrole nitrogens is 1. The maximum Gasteiger partial charge on any atom is 0.261 e. The van der Waals surface area contributed by atoms with Gasteiger partial charge in [0, 0.05) is 31.9 Å². The number of fused-ring (bicyclic) bond motifs is 1. The van der Waals surface area contributed by atoms with Crippen LogP contribution in [0.5, 0.6) is 11.5 Å². The highest BCUT2D eigenvalue weighted by Crippen LogP contribution is 2.32. The normalized spacial score (nSPS) is 18.6. The molecule has 1 saturated heterocycles. The maximum absolute atomic E-state index is 12.3. The molecule has 1 fully saturated rings. The Bertz CT molecular complexity index is 910. The lowest BCUT2D eigenvalue weighted by molar-refractivity contribution is 0.0949. The summed E-state index contributed by atoms with van der Waals surface area (Å²) in [5, 5.41) is 12.3. The van der Waals surface area contributed by atoms with Crippen molar-refractivity contribution in [3.63, 3.8) is 0 Å². The van der Waals surface area contributed by atoms with Crippen LogP contribution in [0, 0.1) is 0 Å². The van der Waals surface area contributed by atoms with Crippen molar-refractivity contribution in [2.24, 2.45) is 0 Å². The monoisotopic (exact) mass is 371 g/mol. The molecule has 0 bridgehead atoms. The molecule has 27 heavy (non-hydrogen) atoms. The summed E-state index contributed by atoms with van der Waals surface area (Å²) in [4.78, 5) is 29.4. The highest BCUT2D eigenvalue weighted by molar-refractivity contribution is 5.93. The topological polar surface area (TPSA) is 104 Å². The summed E-state index contributed by atoms with van der Waals surface area (Å²) in [7, 11) is 0.